The van der Waals surface area contributed by atoms with Crippen LogP contribution in [-0.4, -0.2) is 39.3 Å². The predicted octanol–water partition coefficient (Wildman–Crippen LogP) is 3.96. The van der Waals surface area contributed by atoms with Crippen LogP contribution in [0.1, 0.15) is 51.9 Å². The van der Waals surface area contributed by atoms with Gasteiger partial charge in [0, 0.05) is 50.4 Å². The normalized spacial score (nSPS) is 11.9. The van der Waals surface area contributed by atoms with E-state index in [0.717, 1.165) is 31.9 Å². The summed E-state index contributed by atoms with van der Waals surface area (Å²) in [5.74, 6) is -0.285. The van der Waals surface area contributed by atoms with Gasteiger partial charge < -0.3 is 15.0 Å². The second-order valence-corrected chi connectivity index (χ2v) is 3.78. The Morgan fingerprint density at radius 2 is 1.39 bits per heavy atom. The number of carbonyl (C=O) groups is 1. The second-order valence-electron chi connectivity index (χ2n) is 3.78. The van der Waals surface area contributed by atoms with Crippen molar-refractivity contribution in [2.45, 2.75) is 41.5 Å². The number of rotatable bonds is 2. The molecule has 1 N–H and O–H groups in total. The zero-order valence-electron chi connectivity index (χ0n) is 15.8. The van der Waals surface area contributed by atoms with Crippen LogP contribution in [0.3, 0.4) is 0 Å². The largest absolute Gasteiger partial charge is 0.465 e. The molecule has 1 saturated heterocycles. The standard InChI is InChI=1S/C12H16N2O2.3C2H6.V/c1-16-12(15)10-2-4-11(5-3-10)14-8-6-13-7-9-14;3*1-2;/h2-5,13H,6-9H2,1H3;3*1-2H3;. The molecule has 0 unspecified atom stereocenters. The van der Waals surface area contributed by atoms with Gasteiger partial charge in [-0.1, -0.05) is 41.5 Å². The molecule has 0 bridgehead atoms. The fourth-order valence-corrected chi connectivity index (χ4v) is 1.85. The summed E-state index contributed by atoms with van der Waals surface area (Å²) in [6.07, 6.45) is 0. The average Bonchev–Trinajstić information content (AvgIpc) is 2.67. The zero-order valence-corrected chi connectivity index (χ0v) is 17.2. The van der Waals surface area contributed by atoms with Crippen molar-refractivity contribution in [2.24, 2.45) is 0 Å². The molecule has 1 aliphatic heterocycles. The van der Waals surface area contributed by atoms with Crippen molar-refractivity contribution in [3.05, 3.63) is 29.8 Å². The van der Waals surface area contributed by atoms with E-state index >= 15 is 0 Å². The second kappa shape index (κ2) is 19.1. The number of hydrogen-bond donors (Lipinski definition) is 1. The summed E-state index contributed by atoms with van der Waals surface area (Å²) >= 11 is 0. The van der Waals surface area contributed by atoms with Gasteiger partial charge in [0.2, 0.25) is 0 Å². The summed E-state index contributed by atoms with van der Waals surface area (Å²) in [4.78, 5) is 13.6. The van der Waals surface area contributed by atoms with E-state index in [-0.39, 0.29) is 24.5 Å². The van der Waals surface area contributed by atoms with Crippen LogP contribution in [0.5, 0.6) is 0 Å². The first-order valence-electron chi connectivity index (χ1n) is 8.45. The third-order valence-electron chi connectivity index (χ3n) is 2.77. The fraction of sp³-hybridized carbons (Fsp3) is 0.611. The first-order chi connectivity index (χ1) is 10.8. The monoisotopic (exact) mass is 361 g/mol. The zero-order chi connectivity index (χ0) is 17.4. The Morgan fingerprint density at radius 1 is 0.957 bits per heavy atom. The van der Waals surface area contributed by atoms with Crippen LogP contribution >= 0.6 is 0 Å². The minimum absolute atomic E-state index is 0. The summed E-state index contributed by atoms with van der Waals surface area (Å²) < 4.78 is 4.66. The number of carbonyl (C=O) groups excluding carboxylic acids is 1. The van der Waals surface area contributed by atoms with Crippen LogP contribution in [0.15, 0.2) is 24.3 Å². The van der Waals surface area contributed by atoms with Gasteiger partial charge in [-0.05, 0) is 24.3 Å². The molecule has 0 aromatic heterocycles. The Hall–Kier alpha value is -0.966. The van der Waals surface area contributed by atoms with Crippen molar-refractivity contribution in [1.29, 1.82) is 0 Å². The molecule has 1 aromatic carbocycles. The summed E-state index contributed by atoms with van der Waals surface area (Å²) in [6, 6.07) is 7.56. The van der Waals surface area contributed by atoms with Gasteiger partial charge in [0.1, 0.15) is 0 Å². The SMILES string of the molecule is CC.CC.CC.COC(=O)c1ccc(N2CCNCC2)cc1.[V]. The molecule has 4 nitrogen and oxygen atoms in total. The fourth-order valence-electron chi connectivity index (χ4n) is 1.85. The number of methoxy groups -OCH3 is 1. The molecule has 1 fully saturated rings. The molecular formula is C18H34N2O2V. The summed E-state index contributed by atoms with van der Waals surface area (Å²) in [5, 5.41) is 3.31. The number of piperazine rings is 1. The van der Waals surface area contributed by atoms with E-state index in [1.165, 1.54) is 7.11 Å². The quantitative estimate of drug-likeness (QED) is 0.810. The van der Waals surface area contributed by atoms with Crippen LogP contribution in [0.25, 0.3) is 0 Å². The number of ether oxygens (including phenoxy) is 1. The molecule has 5 heteroatoms. The number of nitrogens with one attached hydrogen (secondary N) is 1. The van der Waals surface area contributed by atoms with E-state index in [0.29, 0.717) is 5.56 Å². The molecule has 0 atom stereocenters. The Kier molecular flexibility index (Phi) is 22.3. The van der Waals surface area contributed by atoms with Crippen molar-refractivity contribution >= 4 is 11.7 Å². The van der Waals surface area contributed by atoms with Gasteiger partial charge in [0.25, 0.3) is 0 Å². The van der Waals surface area contributed by atoms with Crippen molar-refractivity contribution in [1.82, 2.24) is 5.32 Å². The molecular weight excluding hydrogens is 327 g/mol. The molecule has 0 amide bonds. The summed E-state index contributed by atoms with van der Waals surface area (Å²) in [5.41, 5.74) is 1.76. The number of anilines is 1. The van der Waals surface area contributed by atoms with Crippen LogP contribution in [0.2, 0.25) is 0 Å². The van der Waals surface area contributed by atoms with E-state index in [1.54, 1.807) is 0 Å². The Bertz CT molecular complexity index is 364. The average molecular weight is 361 g/mol. The Labute approximate surface area is 154 Å². The third-order valence-corrected chi connectivity index (χ3v) is 2.77. The summed E-state index contributed by atoms with van der Waals surface area (Å²) in [7, 11) is 1.40. The Morgan fingerprint density at radius 3 is 1.78 bits per heavy atom. The molecule has 0 spiro atoms. The van der Waals surface area contributed by atoms with Gasteiger partial charge in [0.15, 0.2) is 0 Å². The molecule has 1 heterocycles. The summed E-state index contributed by atoms with van der Waals surface area (Å²) in [6.45, 7) is 16.0. The van der Waals surface area contributed by atoms with Crippen molar-refractivity contribution in [3.8, 4) is 0 Å². The molecule has 1 aromatic rings. The maximum atomic E-state index is 11.3. The van der Waals surface area contributed by atoms with E-state index in [2.05, 4.69) is 15.0 Å². The van der Waals surface area contributed by atoms with Gasteiger partial charge in [-0.2, -0.15) is 0 Å². The first-order valence-corrected chi connectivity index (χ1v) is 8.45. The molecule has 133 valence electrons. The van der Waals surface area contributed by atoms with E-state index < -0.39 is 0 Å². The van der Waals surface area contributed by atoms with Gasteiger partial charge in [-0.15, -0.1) is 0 Å². The number of esters is 1. The minimum Gasteiger partial charge on any atom is -0.465 e. The molecule has 23 heavy (non-hydrogen) atoms. The van der Waals surface area contributed by atoms with Crippen molar-refractivity contribution in [3.63, 3.8) is 0 Å². The molecule has 0 saturated carbocycles. The topological polar surface area (TPSA) is 41.6 Å². The van der Waals surface area contributed by atoms with Crippen LogP contribution in [0.4, 0.5) is 5.69 Å². The van der Waals surface area contributed by atoms with E-state index in [9.17, 15) is 4.79 Å². The molecule has 2 rings (SSSR count). The van der Waals surface area contributed by atoms with Gasteiger partial charge in [-0.25, -0.2) is 4.79 Å². The Balaban J connectivity index is -0.000000514. The van der Waals surface area contributed by atoms with Gasteiger partial charge in [-0.3, -0.25) is 0 Å². The van der Waals surface area contributed by atoms with Gasteiger partial charge >= 0.3 is 5.97 Å². The number of nitrogens with zero attached hydrogens (tertiary/aromatic N) is 1. The van der Waals surface area contributed by atoms with Crippen LogP contribution in [-0.2, 0) is 23.3 Å². The van der Waals surface area contributed by atoms with Crippen molar-refractivity contribution in [2.75, 3.05) is 38.2 Å². The van der Waals surface area contributed by atoms with Crippen molar-refractivity contribution < 1.29 is 28.1 Å². The van der Waals surface area contributed by atoms with Crippen LogP contribution < -0.4 is 10.2 Å². The number of hydrogen-bond acceptors (Lipinski definition) is 4. The molecule has 1 radical (unpaired) electrons. The first kappa shape index (κ1) is 26.9. The minimum atomic E-state index is -0.285. The maximum Gasteiger partial charge on any atom is 0.337 e. The molecule has 0 aliphatic carbocycles. The van der Waals surface area contributed by atoms with Crippen LogP contribution in [0, 0.1) is 0 Å². The van der Waals surface area contributed by atoms with E-state index in [4.69, 9.17) is 0 Å². The van der Waals surface area contributed by atoms with Gasteiger partial charge in [0.05, 0.1) is 12.7 Å². The predicted molar refractivity (Wildman–Crippen MR) is 96.9 cm³/mol. The van der Waals surface area contributed by atoms with E-state index in [1.807, 2.05) is 65.8 Å². The maximum absolute atomic E-state index is 11.3. The number of benzene rings is 1. The third kappa shape index (κ3) is 10.4. The molecule has 1 aliphatic rings. The smallest absolute Gasteiger partial charge is 0.337 e.